The highest BCUT2D eigenvalue weighted by atomic mass is 16.6. The zero-order valence-electron chi connectivity index (χ0n) is 14.0. The first-order valence-electron chi connectivity index (χ1n) is 7.90. The van der Waals surface area contributed by atoms with Crippen LogP contribution < -0.4 is 5.56 Å². The van der Waals surface area contributed by atoms with Crippen LogP contribution in [0.4, 0.5) is 5.69 Å². The number of fused-ring (bicyclic) bond motifs is 1. The van der Waals surface area contributed by atoms with E-state index < -0.39 is 16.5 Å². The predicted octanol–water partition coefficient (Wildman–Crippen LogP) is 2.65. The molecule has 1 aliphatic heterocycles. The maximum absolute atomic E-state index is 12.0. The zero-order chi connectivity index (χ0) is 19.1. The van der Waals surface area contributed by atoms with Gasteiger partial charge < -0.3 is 9.72 Å². The van der Waals surface area contributed by atoms with Crippen molar-refractivity contribution in [3.05, 3.63) is 79.4 Å². The normalized spacial score (nSPS) is 14.3. The highest BCUT2D eigenvalue weighted by molar-refractivity contribution is 6.05. The van der Waals surface area contributed by atoms with Crippen LogP contribution in [-0.2, 0) is 4.74 Å². The molecular weight excluding hydrogens is 352 g/mol. The molecular formula is C18H12N4O5. The molecule has 3 heterocycles. The summed E-state index contributed by atoms with van der Waals surface area (Å²) in [4.78, 5) is 37.1. The molecule has 0 saturated carbocycles. The lowest BCUT2D eigenvalue weighted by Gasteiger charge is -2.02. The SMILES string of the molecule is Cc1cc2c(c(=O)[nH]1)C(=O)O/C2=C/c1cn[nH]c1-c1cccc([N+](=O)[O-])c1. The summed E-state index contributed by atoms with van der Waals surface area (Å²) in [6.07, 6.45) is 3.08. The van der Waals surface area contributed by atoms with Crippen LogP contribution in [0.5, 0.6) is 0 Å². The molecule has 0 fully saturated rings. The number of carbonyl (C=O) groups excluding carboxylic acids is 1. The van der Waals surface area contributed by atoms with E-state index in [0.29, 0.717) is 28.1 Å². The number of hydrogen-bond acceptors (Lipinski definition) is 6. The second-order valence-electron chi connectivity index (χ2n) is 5.98. The van der Waals surface area contributed by atoms with Gasteiger partial charge in [0.15, 0.2) is 0 Å². The first-order chi connectivity index (χ1) is 12.9. The topological polar surface area (TPSA) is 131 Å². The van der Waals surface area contributed by atoms with E-state index in [4.69, 9.17) is 4.74 Å². The minimum atomic E-state index is -0.724. The Bertz CT molecular complexity index is 1190. The monoisotopic (exact) mass is 364 g/mol. The minimum absolute atomic E-state index is 0.0488. The van der Waals surface area contributed by atoms with Crippen LogP contribution in [0.3, 0.4) is 0 Å². The lowest BCUT2D eigenvalue weighted by molar-refractivity contribution is -0.384. The number of pyridine rings is 1. The van der Waals surface area contributed by atoms with E-state index in [1.165, 1.54) is 18.3 Å². The number of ether oxygens (including phenoxy) is 1. The predicted molar refractivity (Wildman–Crippen MR) is 95.8 cm³/mol. The molecule has 0 atom stereocenters. The number of nitro groups is 1. The molecule has 1 aliphatic rings. The number of non-ortho nitro benzene ring substituents is 1. The van der Waals surface area contributed by atoms with Gasteiger partial charge in [-0.15, -0.1) is 0 Å². The van der Waals surface area contributed by atoms with Crippen LogP contribution in [0.25, 0.3) is 23.1 Å². The van der Waals surface area contributed by atoms with Gasteiger partial charge >= 0.3 is 5.97 Å². The van der Waals surface area contributed by atoms with E-state index in [-0.39, 0.29) is 17.0 Å². The van der Waals surface area contributed by atoms with Gasteiger partial charge in [-0.25, -0.2) is 4.79 Å². The van der Waals surface area contributed by atoms with Crippen LogP contribution in [0.1, 0.15) is 27.2 Å². The highest BCUT2D eigenvalue weighted by Gasteiger charge is 2.30. The van der Waals surface area contributed by atoms with E-state index in [2.05, 4.69) is 15.2 Å². The van der Waals surface area contributed by atoms with E-state index >= 15 is 0 Å². The van der Waals surface area contributed by atoms with Crippen LogP contribution >= 0.6 is 0 Å². The molecule has 3 aromatic rings. The summed E-state index contributed by atoms with van der Waals surface area (Å²) in [6, 6.07) is 7.73. The van der Waals surface area contributed by atoms with Crippen molar-refractivity contribution in [1.29, 1.82) is 0 Å². The number of benzene rings is 1. The maximum Gasteiger partial charge on any atom is 0.349 e. The number of cyclic esters (lactones) is 1. The molecule has 0 aliphatic carbocycles. The molecule has 2 N–H and O–H groups in total. The third-order valence-electron chi connectivity index (χ3n) is 4.14. The molecule has 0 radical (unpaired) electrons. The quantitative estimate of drug-likeness (QED) is 0.417. The molecule has 0 unspecified atom stereocenters. The summed E-state index contributed by atoms with van der Waals surface area (Å²) >= 11 is 0. The fourth-order valence-electron chi connectivity index (χ4n) is 2.95. The van der Waals surface area contributed by atoms with Crippen molar-refractivity contribution in [2.24, 2.45) is 0 Å². The van der Waals surface area contributed by atoms with Gasteiger partial charge in [-0.3, -0.25) is 20.0 Å². The van der Waals surface area contributed by atoms with Crippen molar-refractivity contribution in [2.45, 2.75) is 6.92 Å². The Kier molecular flexibility index (Phi) is 3.69. The average molecular weight is 364 g/mol. The third-order valence-corrected chi connectivity index (χ3v) is 4.14. The highest BCUT2D eigenvalue weighted by Crippen LogP contribution is 2.32. The van der Waals surface area contributed by atoms with E-state index in [0.717, 1.165) is 0 Å². The van der Waals surface area contributed by atoms with Crippen LogP contribution in [0.2, 0.25) is 0 Å². The van der Waals surface area contributed by atoms with Gasteiger partial charge in [-0.2, -0.15) is 5.10 Å². The molecule has 0 saturated heterocycles. The summed E-state index contributed by atoms with van der Waals surface area (Å²) in [5.74, 6) is -0.504. The molecule has 9 nitrogen and oxygen atoms in total. The Morgan fingerprint density at radius 3 is 2.85 bits per heavy atom. The number of aromatic nitrogens is 3. The van der Waals surface area contributed by atoms with Crippen LogP contribution in [0.15, 0.2) is 41.3 Å². The van der Waals surface area contributed by atoms with Crippen molar-refractivity contribution in [1.82, 2.24) is 15.2 Å². The number of nitrogens with zero attached hydrogens (tertiary/aromatic N) is 2. The number of H-pyrrole nitrogens is 2. The summed E-state index contributed by atoms with van der Waals surface area (Å²) in [5, 5.41) is 17.8. The van der Waals surface area contributed by atoms with Gasteiger partial charge in [-0.05, 0) is 19.1 Å². The molecule has 4 rings (SSSR count). The number of rotatable bonds is 3. The number of hydrogen-bond donors (Lipinski definition) is 2. The minimum Gasteiger partial charge on any atom is -0.422 e. The Morgan fingerprint density at radius 1 is 1.26 bits per heavy atom. The van der Waals surface area contributed by atoms with Crippen molar-refractivity contribution in [2.75, 3.05) is 0 Å². The third kappa shape index (κ3) is 2.80. The van der Waals surface area contributed by atoms with Crippen molar-refractivity contribution in [3.63, 3.8) is 0 Å². The Hall–Kier alpha value is -4.01. The summed E-state index contributed by atoms with van der Waals surface area (Å²) in [7, 11) is 0. The largest absolute Gasteiger partial charge is 0.422 e. The molecule has 134 valence electrons. The number of aromatic amines is 2. The maximum atomic E-state index is 12.0. The van der Waals surface area contributed by atoms with E-state index in [1.807, 2.05) is 0 Å². The van der Waals surface area contributed by atoms with Crippen molar-refractivity contribution >= 4 is 23.5 Å². The molecule has 0 amide bonds. The van der Waals surface area contributed by atoms with Crippen LogP contribution in [0, 0.1) is 17.0 Å². The number of esters is 1. The molecule has 1 aromatic carbocycles. The van der Waals surface area contributed by atoms with Gasteiger partial charge in [0.05, 0.1) is 16.8 Å². The van der Waals surface area contributed by atoms with Gasteiger partial charge in [0.2, 0.25) is 0 Å². The number of carbonyl (C=O) groups is 1. The Balaban J connectivity index is 1.82. The summed E-state index contributed by atoms with van der Waals surface area (Å²) < 4.78 is 5.25. The molecule has 9 heteroatoms. The van der Waals surface area contributed by atoms with Gasteiger partial charge in [0.1, 0.15) is 11.3 Å². The second-order valence-corrected chi connectivity index (χ2v) is 5.98. The molecule has 0 spiro atoms. The average Bonchev–Trinajstić information content (AvgIpc) is 3.20. The van der Waals surface area contributed by atoms with Crippen molar-refractivity contribution < 1.29 is 14.5 Å². The summed E-state index contributed by atoms with van der Waals surface area (Å²) in [6.45, 7) is 1.70. The van der Waals surface area contributed by atoms with Crippen LogP contribution in [-0.4, -0.2) is 26.1 Å². The number of aryl methyl sites for hydroxylation is 1. The fraction of sp³-hybridized carbons (Fsp3) is 0.0556. The zero-order valence-corrected chi connectivity index (χ0v) is 14.0. The van der Waals surface area contributed by atoms with E-state index in [9.17, 15) is 19.7 Å². The smallest absolute Gasteiger partial charge is 0.349 e. The summed E-state index contributed by atoms with van der Waals surface area (Å²) in [5.41, 5.74) is 2.01. The standard InChI is InChI=1S/C18H12N4O5/c1-9-5-13-14(27-18(24)15(13)17(23)20-9)7-11-8-19-21-16(11)10-3-2-4-12(6-10)22(25)26/h2-8H,1H3,(H,19,21)(H,20,23)/b14-7+. The van der Waals surface area contributed by atoms with E-state index in [1.54, 1.807) is 31.2 Å². The number of nitro benzene ring substituents is 1. The van der Waals surface area contributed by atoms with Crippen molar-refractivity contribution in [3.8, 4) is 11.3 Å². The second kappa shape index (κ2) is 6.06. The van der Waals surface area contributed by atoms with Gasteiger partial charge in [-0.1, -0.05) is 12.1 Å². The fourth-order valence-corrected chi connectivity index (χ4v) is 2.95. The van der Waals surface area contributed by atoms with Gasteiger partial charge in [0.25, 0.3) is 11.2 Å². The Morgan fingerprint density at radius 2 is 2.07 bits per heavy atom. The van der Waals surface area contributed by atoms with Gasteiger partial charge in [0, 0.05) is 34.5 Å². The first kappa shape index (κ1) is 16.5. The molecule has 2 aromatic heterocycles. The molecule has 0 bridgehead atoms. The lowest BCUT2D eigenvalue weighted by Crippen LogP contribution is -2.16. The number of nitrogens with one attached hydrogen (secondary N) is 2. The first-order valence-corrected chi connectivity index (χ1v) is 7.90. The lowest BCUT2D eigenvalue weighted by atomic mass is 10.0. The Labute approximate surface area is 151 Å². The molecule has 27 heavy (non-hydrogen) atoms.